The third-order valence-corrected chi connectivity index (χ3v) is 3.35. The number of carbonyl (C=O) groups excluding carboxylic acids is 1. The Kier molecular flexibility index (Phi) is 5.36. The Morgan fingerprint density at radius 3 is 2.39 bits per heavy atom. The Labute approximate surface area is 132 Å². The molecule has 0 aliphatic rings. The average molecular weight is 322 g/mol. The number of rotatable bonds is 5. The fourth-order valence-corrected chi connectivity index (χ4v) is 2.05. The van der Waals surface area contributed by atoms with E-state index in [1.165, 1.54) is 5.56 Å². The van der Waals surface area contributed by atoms with Gasteiger partial charge in [0, 0.05) is 12.6 Å². The van der Waals surface area contributed by atoms with Crippen LogP contribution in [0.5, 0.6) is 0 Å². The molecule has 0 atom stereocenters. The lowest BCUT2D eigenvalue weighted by molar-refractivity contribution is -0.137. The highest BCUT2D eigenvalue weighted by molar-refractivity contribution is 5.89. The van der Waals surface area contributed by atoms with E-state index in [4.69, 9.17) is 0 Å². The summed E-state index contributed by atoms with van der Waals surface area (Å²) in [5, 5.41) is 2.50. The molecule has 0 saturated carbocycles. The summed E-state index contributed by atoms with van der Waals surface area (Å²) in [4.78, 5) is 15.4. The second-order valence-corrected chi connectivity index (χ2v) is 5.32. The second kappa shape index (κ2) is 7.26. The van der Waals surface area contributed by atoms with Gasteiger partial charge >= 0.3 is 6.18 Å². The number of halogens is 3. The molecule has 0 bridgehead atoms. The van der Waals surface area contributed by atoms with Gasteiger partial charge in [0.1, 0.15) is 5.82 Å². The van der Waals surface area contributed by atoms with Gasteiger partial charge < -0.3 is 5.32 Å². The van der Waals surface area contributed by atoms with Gasteiger partial charge in [-0.1, -0.05) is 29.8 Å². The zero-order chi connectivity index (χ0) is 16.9. The molecule has 3 nitrogen and oxygen atoms in total. The summed E-state index contributed by atoms with van der Waals surface area (Å²) in [6.07, 6.45) is -1.99. The predicted molar refractivity (Wildman–Crippen MR) is 82.0 cm³/mol. The summed E-state index contributed by atoms with van der Waals surface area (Å²) in [7, 11) is 0. The van der Waals surface area contributed by atoms with Crippen molar-refractivity contribution in [3.8, 4) is 0 Å². The van der Waals surface area contributed by atoms with E-state index in [-0.39, 0.29) is 18.1 Å². The van der Waals surface area contributed by atoms with Crippen molar-refractivity contribution < 1.29 is 18.0 Å². The minimum absolute atomic E-state index is 0.123. The van der Waals surface area contributed by atoms with Crippen LogP contribution in [0.1, 0.15) is 29.5 Å². The van der Waals surface area contributed by atoms with Crippen molar-refractivity contribution in [3.63, 3.8) is 0 Å². The van der Waals surface area contributed by atoms with Crippen molar-refractivity contribution >= 4 is 11.7 Å². The molecule has 0 aliphatic carbocycles. The zero-order valence-corrected chi connectivity index (χ0v) is 12.7. The zero-order valence-electron chi connectivity index (χ0n) is 12.7. The quantitative estimate of drug-likeness (QED) is 0.888. The number of amides is 1. The monoisotopic (exact) mass is 322 g/mol. The molecule has 122 valence electrons. The van der Waals surface area contributed by atoms with Crippen LogP contribution in [0.4, 0.5) is 19.0 Å². The van der Waals surface area contributed by atoms with E-state index in [0.29, 0.717) is 12.6 Å². The number of benzene rings is 1. The number of aromatic nitrogens is 1. The molecule has 0 unspecified atom stereocenters. The summed E-state index contributed by atoms with van der Waals surface area (Å²) in [5.41, 5.74) is 1.49. The Balaban J connectivity index is 1.79. The minimum atomic E-state index is -4.43. The predicted octanol–water partition coefficient (Wildman–Crippen LogP) is 4.37. The fraction of sp³-hybridized carbons (Fsp3) is 0.294. The third kappa shape index (κ3) is 5.39. The van der Waals surface area contributed by atoms with Crippen molar-refractivity contribution in [2.24, 2.45) is 0 Å². The number of nitrogens with zero attached hydrogens (tertiary/aromatic N) is 1. The Hall–Kier alpha value is -2.37. The molecule has 1 aromatic heterocycles. The second-order valence-electron chi connectivity index (χ2n) is 5.32. The molecular formula is C17H17F3N2O. The van der Waals surface area contributed by atoms with E-state index in [9.17, 15) is 18.0 Å². The first kappa shape index (κ1) is 17.0. The highest BCUT2D eigenvalue weighted by Crippen LogP contribution is 2.28. The summed E-state index contributed by atoms with van der Waals surface area (Å²) in [6.45, 7) is 2.01. The largest absolute Gasteiger partial charge is 0.417 e. The summed E-state index contributed by atoms with van der Waals surface area (Å²) >= 11 is 0. The first-order valence-corrected chi connectivity index (χ1v) is 7.23. The number of hydrogen-bond donors (Lipinski definition) is 1. The van der Waals surface area contributed by atoms with E-state index in [0.717, 1.165) is 24.1 Å². The molecule has 6 heteroatoms. The van der Waals surface area contributed by atoms with Crippen molar-refractivity contribution in [1.29, 1.82) is 0 Å². The molecule has 1 heterocycles. The van der Waals surface area contributed by atoms with Gasteiger partial charge in [0.05, 0.1) is 5.56 Å². The highest BCUT2D eigenvalue weighted by Gasteiger charge is 2.30. The SMILES string of the molecule is Cc1ccc(CCCC(=O)Nc2ccc(C(F)(F)F)cn2)cc1. The smallest absolute Gasteiger partial charge is 0.311 e. The Morgan fingerprint density at radius 1 is 1.13 bits per heavy atom. The maximum Gasteiger partial charge on any atom is 0.417 e. The number of pyridine rings is 1. The van der Waals surface area contributed by atoms with Gasteiger partial charge in [0.2, 0.25) is 5.91 Å². The minimum Gasteiger partial charge on any atom is -0.311 e. The lowest BCUT2D eigenvalue weighted by atomic mass is 10.1. The average Bonchev–Trinajstić information content (AvgIpc) is 2.49. The molecule has 0 aliphatic heterocycles. The van der Waals surface area contributed by atoms with Gasteiger partial charge in [0.15, 0.2) is 0 Å². The molecular weight excluding hydrogens is 305 g/mol. The van der Waals surface area contributed by atoms with Crippen molar-refractivity contribution in [3.05, 3.63) is 59.3 Å². The lowest BCUT2D eigenvalue weighted by Crippen LogP contribution is -2.13. The molecule has 2 aromatic rings. The van der Waals surface area contributed by atoms with E-state index in [1.807, 2.05) is 31.2 Å². The fourth-order valence-electron chi connectivity index (χ4n) is 2.05. The topological polar surface area (TPSA) is 42.0 Å². The van der Waals surface area contributed by atoms with Gasteiger partial charge in [-0.25, -0.2) is 4.98 Å². The summed E-state index contributed by atoms with van der Waals surface area (Å²) in [6, 6.07) is 10.1. The molecule has 1 N–H and O–H groups in total. The molecule has 1 aromatic carbocycles. The molecule has 0 fully saturated rings. The first-order chi connectivity index (χ1) is 10.8. The van der Waals surface area contributed by atoms with Crippen LogP contribution in [0.3, 0.4) is 0 Å². The van der Waals surface area contributed by atoms with Crippen LogP contribution >= 0.6 is 0 Å². The molecule has 0 saturated heterocycles. The van der Waals surface area contributed by atoms with E-state index >= 15 is 0 Å². The number of aryl methyl sites for hydroxylation is 2. The van der Waals surface area contributed by atoms with Crippen LogP contribution in [0, 0.1) is 6.92 Å². The van der Waals surface area contributed by atoms with Gasteiger partial charge in [-0.2, -0.15) is 13.2 Å². The summed E-state index contributed by atoms with van der Waals surface area (Å²) < 4.78 is 37.2. The van der Waals surface area contributed by atoms with E-state index in [2.05, 4.69) is 10.3 Å². The van der Waals surface area contributed by atoms with Crippen LogP contribution in [0.25, 0.3) is 0 Å². The van der Waals surface area contributed by atoms with Crippen LogP contribution in [-0.4, -0.2) is 10.9 Å². The van der Waals surface area contributed by atoms with Crippen LogP contribution in [-0.2, 0) is 17.4 Å². The maximum atomic E-state index is 12.4. The summed E-state index contributed by atoms with van der Waals surface area (Å²) in [5.74, 6) is -0.136. The van der Waals surface area contributed by atoms with Crippen molar-refractivity contribution in [2.45, 2.75) is 32.4 Å². The Bertz CT molecular complexity index is 649. The van der Waals surface area contributed by atoms with Gasteiger partial charge in [-0.3, -0.25) is 4.79 Å². The van der Waals surface area contributed by atoms with Gasteiger partial charge in [0.25, 0.3) is 0 Å². The molecule has 0 radical (unpaired) electrons. The lowest BCUT2D eigenvalue weighted by Gasteiger charge is -2.08. The van der Waals surface area contributed by atoms with Crippen molar-refractivity contribution in [1.82, 2.24) is 4.98 Å². The molecule has 2 rings (SSSR count). The van der Waals surface area contributed by atoms with Gasteiger partial charge in [-0.05, 0) is 37.5 Å². The standard InChI is InChI=1S/C17H17F3N2O/c1-12-5-7-13(8-6-12)3-2-4-16(23)22-15-10-9-14(11-21-15)17(18,19)20/h5-11H,2-4H2,1H3,(H,21,22,23). The number of anilines is 1. The number of nitrogens with one attached hydrogen (secondary N) is 1. The van der Waals surface area contributed by atoms with Crippen LogP contribution < -0.4 is 5.32 Å². The molecule has 0 spiro atoms. The molecule has 23 heavy (non-hydrogen) atoms. The number of hydrogen-bond acceptors (Lipinski definition) is 2. The molecule has 1 amide bonds. The number of alkyl halides is 3. The van der Waals surface area contributed by atoms with Gasteiger partial charge in [-0.15, -0.1) is 0 Å². The highest BCUT2D eigenvalue weighted by atomic mass is 19.4. The maximum absolute atomic E-state index is 12.4. The van der Waals surface area contributed by atoms with Crippen molar-refractivity contribution in [2.75, 3.05) is 5.32 Å². The third-order valence-electron chi connectivity index (χ3n) is 3.35. The Morgan fingerprint density at radius 2 is 1.83 bits per heavy atom. The number of carbonyl (C=O) groups is 1. The van der Waals surface area contributed by atoms with E-state index in [1.54, 1.807) is 0 Å². The normalized spacial score (nSPS) is 11.3. The van der Waals surface area contributed by atoms with Crippen LogP contribution in [0.15, 0.2) is 42.6 Å². The first-order valence-electron chi connectivity index (χ1n) is 7.23. The van der Waals surface area contributed by atoms with E-state index < -0.39 is 11.7 Å². The van der Waals surface area contributed by atoms with Crippen LogP contribution in [0.2, 0.25) is 0 Å².